The van der Waals surface area contributed by atoms with Crippen LogP contribution in [0, 0.1) is 0 Å². The van der Waals surface area contributed by atoms with Crippen molar-refractivity contribution in [3.05, 3.63) is 47.3 Å². The first-order valence-corrected chi connectivity index (χ1v) is 7.74. The van der Waals surface area contributed by atoms with Crippen molar-refractivity contribution in [2.45, 2.75) is 18.9 Å². The summed E-state index contributed by atoms with van der Waals surface area (Å²) in [5.41, 5.74) is 1.33. The molecule has 7 heteroatoms. The molecule has 1 atom stereocenters. The lowest BCUT2D eigenvalue weighted by molar-refractivity contribution is -0.140. The van der Waals surface area contributed by atoms with Crippen molar-refractivity contribution in [3.63, 3.8) is 0 Å². The number of thiophene rings is 1. The van der Waals surface area contributed by atoms with Crippen molar-refractivity contribution in [2.75, 3.05) is 0 Å². The lowest BCUT2D eigenvalue weighted by atomic mass is 10.1. The molecule has 0 fully saturated rings. The molecular weight excluding hydrogens is 318 g/mol. The average Bonchev–Trinajstić information content (AvgIpc) is 3.01. The predicted octanol–water partition coefficient (Wildman–Crippen LogP) is 2.46. The number of nitrogens with one attached hydrogen (secondary N) is 1. The Morgan fingerprint density at radius 1 is 1.13 bits per heavy atom. The number of carboxylic acid groups (broad SMARTS) is 2. The Morgan fingerprint density at radius 3 is 2.43 bits per heavy atom. The van der Waals surface area contributed by atoms with Crippen LogP contribution >= 0.6 is 11.3 Å². The van der Waals surface area contributed by atoms with Crippen molar-refractivity contribution >= 4 is 29.2 Å². The van der Waals surface area contributed by atoms with Gasteiger partial charge in [0.2, 0.25) is 0 Å². The Balaban J connectivity index is 2.06. The molecule has 1 unspecified atom stereocenters. The monoisotopic (exact) mass is 333 g/mol. The van der Waals surface area contributed by atoms with Gasteiger partial charge < -0.3 is 15.5 Å². The third-order valence-corrected chi connectivity index (χ3v) is 4.15. The molecule has 0 radical (unpaired) electrons. The van der Waals surface area contributed by atoms with Crippen molar-refractivity contribution < 1.29 is 24.6 Å². The number of aliphatic carboxylic acids is 2. The van der Waals surface area contributed by atoms with Crippen molar-refractivity contribution in [2.24, 2.45) is 0 Å². The summed E-state index contributed by atoms with van der Waals surface area (Å²) in [6.07, 6.45) is -0.484. The minimum Gasteiger partial charge on any atom is -0.481 e. The number of carbonyl (C=O) groups is 3. The molecule has 2 rings (SSSR count). The quantitative estimate of drug-likeness (QED) is 0.722. The highest BCUT2D eigenvalue weighted by Crippen LogP contribution is 2.26. The Labute approximate surface area is 136 Å². The van der Waals surface area contributed by atoms with E-state index in [1.165, 1.54) is 11.3 Å². The van der Waals surface area contributed by atoms with Gasteiger partial charge in [-0.3, -0.25) is 9.59 Å². The van der Waals surface area contributed by atoms with Crippen LogP contribution in [0.4, 0.5) is 0 Å². The highest BCUT2D eigenvalue weighted by atomic mass is 32.1. The molecule has 0 aliphatic heterocycles. The fourth-order valence-electron chi connectivity index (χ4n) is 1.98. The highest BCUT2D eigenvalue weighted by Gasteiger charge is 2.22. The molecular formula is C16H15NO5S. The van der Waals surface area contributed by atoms with Crippen LogP contribution in [0.3, 0.4) is 0 Å². The zero-order valence-electron chi connectivity index (χ0n) is 12.1. The largest absolute Gasteiger partial charge is 0.481 e. The molecule has 0 bridgehead atoms. The lowest BCUT2D eigenvalue weighted by Crippen LogP contribution is -2.40. The molecule has 0 saturated carbocycles. The summed E-state index contributed by atoms with van der Waals surface area (Å²) >= 11 is 1.38. The van der Waals surface area contributed by atoms with E-state index >= 15 is 0 Å². The summed E-state index contributed by atoms with van der Waals surface area (Å²) < 4.78 is 0. The summed E-state index contributed by atoms with van der Waals surface area (Å²) in [6, 6.07) is 9.97. The molecule has 1 aromatic heterocycles. The molecule has 3 N–H and O–H groups in total. The number of amides is 1. The Kier molecular flexibility index (Phi) is 5.48. The standard InChI is InChI=1S/C16H15NO5S/c18-14(19)7-6-12(16(21)22)17-15(20)11-8-13(23-9-11)10-4-2-1-3-5-10/h1-5,8-9,12H,6-7H2,(H,17,20)(H,18,19)(H,21,22). The van der Waals surface area contributed by atoms with E-state index in [0.717, 1.165) is 10.4 Å². The number of hydrogen-bond acceptors (Lipinski definition) is 4. The van der Waals surface area contributed by atoms with E-state index in [0.29, 0.717) is 5.56 Å². The second kappa shape index (κ2) is 7.55. The number of carbonyl (C=O) groups excluding carboxylic acids is 1. The number of carboxylic acids is 2. The van der Waals surface area contributed by atoms with Crippen molar-refractivity contribution in [1.29, 1.82) is 0 Å². The van der Waals surface area contributed by atoms with Crippen molar-refractivity contribution in [1.82, 2.24) is 5.32 Å². The van der Waals surface area contributed by atoms with Crippen LogP contribution in [0.25, 0.3) is 10.4 Å². The van der Waals surface area contributed by atoms with E-state index in [9.17, 15) is 14.4 Å². The maximum absolute atomic E-state index is 12.1. The molecule has 6 nitrogen and oxygen atoms in total. The fourth-order valence-corrected chi connectivity index (χ4v) is 2.87. The topological polar surface area (TPSA) is 104 Å². The minimum atomic E-state index is -1.25. The van der Waals surface area contributed by atoms with E-state index in [2.05, 4.69) is 5.32 Å². The minimum absolute atomic E-state index is 0.161. The summed E-state index contributed by atoms with van der Waals surface area (Å²) in [5, 5.41) is 21.7. The maximum atomic E-state index is 12.1. The molecule has 120 valence electrons. The number of hydrogen-bond donors (Lipinski definition) is 3. The number of benzene rings is 1. The van der Waals surface area contributed by atoms with Crippen LogP contribution in [0.1, 0.15) is 23.2 Å². The molecule has 0 saturated heterocycles. The highest BCUT2D eigenvalue weighted by molar-refractivity contribution is 7.13. The van der Waals surface area contributed by atoms with Gasteiger partial charge >= 0.3 is 11.9 Å². The first-order valence-electron chi connectivity index (χ1n) is 6.87. The van der Waals surface area contributed by atoms with E-state index in [4.69, 9.17) is 10.2 Å². The van der Waals surface area contributed by atoms with Gasteiger partial charge in [-0.2, -0.15) is 0 Å². The lowest BCUT2D eigenvalue weighted by Gasteiger charge is -2.12. The van der Waals surface area contributed by atoms with Gasteiger partial charge in [0.05, 0.1) is 5.56 Å². The summed E-state index contributed by atoms with van der Waals surface area (Å²) in [4.78, 5) is 34.7. The summed E-state index contributed by atoms with van der Waals surface area (Å²) in [5.74, 6) is -2.88. The van der Waals surface area contributed by atoms with Crippen LogP contribution in [0.15, 0.2) is 41.8 Å². The molecule has 1 amide bonds. The molecule has 2 aromatic rings. The maximum Gasteiger partial charge on any atom is 0.326 e. The van der Waals surface area contributed by atoms with E-state index < -0.39 is 23.9 Å². The van der Waals surface area contributed by atoms with Crippen LogP contribution < -0.4 is 5.32 Å². The van der Waals surface area contributed by atoms with Gasteiger partial charge in [0.15, 0.2) is 0 Å². The second-order valence-corrected chi connectivity index (χ2v) is 5.77. The first kappa shape index (κ1) is 16.7. The van der Waals surface area contributed by atoms with Crippen LogP contribution in [0.5, 0.6) is 0 Å². The normalized spacial score (nSPS) is 11.7. The zero-order valence-corrected chi connectivity index (χ0v) is 12.9. The Bertz CT molecular complexity index is 710. The summed E-state index contributed by atoms with van der Waals surface area (Å²) in [6.45, 7) is 0. The predicted molar refractivity (Wildman–Crippen MR) is 85.5 cm³/mol. The van der Waals surface area contributed by atoms with Gasteiger partial charge in [-0.15, -0.1) is 11.3 Å². The van der Waals surface area contributed by atoms with Gasteiger partial charge in [0, 0.05) is 16.7 Å². The third-order valence-electron chi connectivity index (χ3n) is 3.17. The zero-order chi connectivity index (χ0) is 16.8. The second-order valence-electron chi connectivity index (χ2n) is 4.86. The van der Waals surface area contributed by atoms with Gasteiger partial charge in [0.1, 0.15) is 6.04 Å². The molecule has 1 heterocycles. The molecule has 1 aromatic carbocycles. The summed E-state index contributed by atoms with van der Waals surface area (Å²) in [7, 11) is 0. The SMILES string of the molecule is O=C(O)CCC(NC(=O)c1csc(-c2ccccc2)c1)C(=O)O. The van der Waals surface area contributed by atoms with Gasteiger partial charge in [-0.1, -0.05) is 30.3 Å². The van der Waals surface area contributed by atoms with E-state index in [-0.39, 0.29) is 12.8 Å². The third kappa shape index (κ3) is 4.65. The van der Waals surface area contributed by atoms with Gasteiger partial charge in [0.25, 0.3) is 5.91 Å². The van der Waals surface area contributed by atoms with Crippen LogP contribution in [-0.4, -0.2) is 34.1 Å². The molecule has 0 aliphatic rings. The fraction of sp³-hybridized carbons (Fsp3) is 0.188. The average molecular weight is 333 g/mol. The van der Waals surface area contributed by atoms with Crippen LogP contribution in [0.2, 0.25) is 0 Å². The van der Waals surface area contributed by atoms with E-state index in [1.54, 1.807) is 11.4 Å². The first-order chi connectivity index (χ1) is 11.0. The van der Waals surface area contributed by atoms with E-state index in [1.807, 2.05) is 30.3 Å². The molecule has 0 aliphatic carbocycles. The molecule has 0 spiro atoms. The van der Waals surface area contributed by atoms with Gasteiger partial charge in [-0.25, -0.2) is 4.79 Å². The number of rotatable bonds is 7. The molecule has 23 heavy (non-hydrogen) atoms. The van der Waals surface area contributed by atoms with Crippen LogP contribution in [-0.2, 0) is 9.59 Å². The van der Waals surface area contributed by atoms with Gasteiger partial charge in [-0.05, 0) is 18.1 Å². The smallest absolute Gasteiger partial charge is 0.326 e. The Hall–Kier alpha value is -2.67. The Morgan fingerprint density at radius 2 is 1.83 bits per heavy atom. The van der Waals surface area contributed by atoms with Crippen molar-refractivity contribution in [3.8, 4) is 10.4 Å².